The quantitative estimate of drug-likeness (QED) is 0.720. The molecule has 6 nitrogen and oxygen atoms in total. The Balaban J connectivity index is 1.56. The fourth-order valence-corrected chi connectivity index (χ4v) is 3.60. The predicted octanol–water partition coefficient (Wildman–Crippen LogP) is 4.07. The number of nitrogens with zero attached hydrogens (tertiary/aromatic N) is 2. The van der Waals surface area contributed by atoms with Crippen LogP contribution in [0, 0.1) is 0 Å². The van der Waals surface area contributed by atoms with Gasteiger partial charge in [0.25, 0.3) is 11.8 Å². The number of amides is 2. The average Bonchev–Trinajstić information content (AvgIpc) is 3.13. The summed E-state index contributed by atoms with van der Waals surface area (Å²) in [6.07, 6.45) is 0. The van der Waals surface area contributed by atoms with Gasteiger partial charge in [0.05, 0.1) is 11.4 Å². The Hall–Kier alpha value is -2.90. The maximum Gasteiger partial charge on any atom is 0.264 e. The number of carbonyl (C=O) groups excluding carboxylic acids is 2. The number of thiazole rings is 1. The Labute approximate surface area is 164 Å². The maximum atomic E-state index is 12.3. The third-order valence-corrected chi connectivity index (χ3v) is 5.15. The molecule has 2 aromatic carbocycles. The zero-order chi connectivity index (χ0) is 19.0. The molecule has 0 unspecified atom stereocenters. The van der Waals surface area contributed by atoms with Crippen LogP contribution in [0.15, 0.2) is 47.8 Å². The number of carbonyl (C=O) groups is 2. The van der Waals surface area contributed by atoms with E-state index in [2.05, 4.69) is 10.3 Å². The number of fused-ring (bicyclic) bond motifs is 1. The molecule has 3 aromatic rings. The Bertz CT molecular complexity index is 1050. The Kier molecular flexibility index (Phi) is 4.55. The molecule has 1 aliphatic heterocycles. The van der Waals surface area contributed by atoms with E-state index in [-0.39, 0.29) is 18.4 Å². The summed E-state index contributed by atoms with van der Waals surface area (Å²) in [4.78, 5) is 30.2. The van der Waals surface area contributed by atoms with Crippen molar-refractivity contribution in [1.29, 1.82) is 0 Å². The highest BCUT2D eigenvalue weighted by atomic mass is 35.5. The molecule has 0 bridgehead atoms. The standard InChI is InChI=1S/C19H14ClN3O3S/c1-23-15-8-11(5-6-16(15)26-9-17(23)24)14-10-27-19(21-14)22-18(25)12-3-2-4-13(20)7-12/h2-8,10H,9H2,1H3,(H,21,22,25). The number of hydrogen-bond donors (Lipinski definition) is 1. The third kappa shape index (κ3) is 3.51. The summed E-state index contributed by atoms with van der Waals surface area (Å²) in [5, 5.41) is 5.60. The molecular weight excluding hydrogens is 386 g/mol. The predicted molar refractivity (Wildman–Crippen MR) is 106 cm³/mol. The first kappa shape index (κ1) is 17.5. The second-order valence-corrected chi connectivity index (χ2v) is 7.22. The molecule has 2 heterocycles. The lowest BCUT2D eigenvalue weighted by Crippen LogP contribution is -2.35. The monoisotopic (exact) mass is 399 g/mol. The Morgan fingerprint density at radius 2 is 2.15 bits per heavy atom. The molecule has 0 fully saturated rings. The number of nitrogens with one attached hydrogen (secondary N) is 1. The molecular formula is C19H14ClN3O3S. The fraction of sp³-hybridized carbons (Fsp3) is 0.105. The number of halogens is 1. The summed E-state index contributed by atoms with van der Waals surface area (Å²) in [6.45, 7) is 0.0409. The van der Waals surface area contributed by atoms with Crippen LogP contribution in [-0.2, 0) is 4.79 Å². The summed E-state index contributed by atoms with van der Waals surface area (Å²) in [6, 6.07) is 12.3. The molecule has 0 saturated heterocycles. The second-order valence-electron chi connectivity index (χ2n) is 5.93. The lowest BCUT2D eigenvalue weighted by atomic mass is 10.1. The van der Waals surface area contributed by atoms with Gasteiger partial charge in [0.1, 0.15) is 5.75 Å². The van der Waals surface area contributed by atoms with Crippen molar-refractivity contribution in [2.45, 2.75) is 0 Å². The van der Waals surface area contributed by atoms with E-state index in [9.17, 15) is 9.59 Å². The summed E-state index contributed by atoms with van der Waals surface area (Å²) in [7, 11) is 1.71. The van der Waals surface area contributed by atoms with E-state index in [1.807, 2.05) is 23.6 Å². The minimum atomic E-state index is -0.275. The number of aromatic nitrogens is 1. The number of rotatable bonds is 3. The highest BCUT2D eigenvalue weighted by Crippen LogP contribution is 2.36. The van der Waals surface area contributed by atoms with Gasteiger partial charge in [-0.2, -0.15) is 0 Å². The van der Waals surface area contributed by atoms with Crippen LogP contribution in [0.3, 0.4) is 0 Å². The number of benzene rings is 2. The van der Waals surface area contributed by atoms with Gasteiger partial charge in [0, 0.05) is 28.6 Å². The number of likely N-dealkylation sites (N-methyl/N-ethyl adjacent to an activating group) is 1. The zero-order valence-electron chi connectivity index (χ0n) is 14.2. The first-order chi connectivity index (χ1) is 13.0. The van der Waals surface area contributed by atoms with Crippen molar-refractivity contribution in [1.82, 2.24) is 4.98 Å². The van der Waals surface area contributed by atoms with E-state index in [1.54, 1.807) is 36.2 Å². The van der Waals surface area contributed by atoms with Crippen molar-refractivity contribution < 1.29 is 14.3 Å². The van der Waals surface area contributed by atoms with Crippen LogP contribution in [0.4, 0.5) is 10.8 Å². The van der Waals surface area contributed by atoms with Gasteiger partial charge in [-0.15, -0.1) is 11.3 Å². The number of ether oxygens (including phenoxy) is 1. The van der Waals surface area contributed by atoms with Gasteiger partial charge in [-0.25, -0.2) is 4.98 Å². The molecule has 1 N–H and O–H groups in total. The van der Waals surface area contributed by atoms with E-state index in [0.29, 0.717) is 32.8 Å². The molecule has 8 heteroatoms. The molecule has 27 heavy (non-hydrogen) atoms. The normalized spacial score (nSPS) is 13.1. The van der Waals surface area contributed by atoms with E-state index < -0.39 is 0 Å². The third-order valence-electron chi connectivity index (χ3n) is 4.15. The van der Waals surface area contributed by atoms with Crippen LogP contribution in [0.25, 0.3) is 11.3 Å². The first-order valence-corrected chi connectivity index (χ1v) is 9.33. The number of hydrogen-bond acceptors (Lipinski definition) is 5. The second kappa shape index (κ2) is 7.02. The maximum absolute atomic E-state index is 12.3. The SMILES string of the molecule is CN1C(=O)COc2ccc(-c3csc(NC(=O)c4cccc(Cl)c4)n3)cc21. The van der Waals surface area contributed by atoms with Gasteiger partial charge in [-0.3, -0.25) is 14.9 Å². The van der Waals surface area contributed by atoms with Crippen molar-refractivity contribution in [3.05, 3.63) is 58.4 Å². The highest BCUT2D eigenvalue weighted by molar-refractivity contribution is 7.14. The molecule has 136 valence electrons. The summed E-state index contributed by atoms with van der Waals surface area (Å²) in [5.41, 5.74) is 2.70. The van der Waals surface area contributed by atoms with Gasteiger partial charge in [0.2, 0.25) is 0 Å². The molecule has 0 radical (unpaired) electrons. The van der Waals surface area contributed by atoms with Crippen molar-refractivity contribution in [2.24, 2.45) is 0 Å². The van der Waals surface area contributed by atoms with Crippen LogP contribution >= 0.6 is 22.9 Å². The van der Waals surface area contributed by atoms with Crippen LogP contribution < -0.4 is 15.0 Å². The van der Waals surface area contributed by atoms with E-state index >= 15 is 0 Å². The molecule has 0 atom stereocenters. The minimum absolute atomic E-state index is 0.0409. The van der Waals surface area contributed by atoms with Gasteiger partial charge in [0.15, 0.2) is 11.7 Å². The molecule has 1 aromatic heterocycles. The molecule has 0 spiro atoms. The average molecular weight is 400 g/mol. The van der Waals surface area contributed by atoms with Crippen LogP contribution in [0.5, 0.6) is 5.75 Å². The van der Waals surface area contributed by atoms with Crippen LogP contribution in [0.2, 0.25) is 5.02 Å². The topological polar surface area (TPSA) is 71.5 Å². The van der Waals surface area contributed by atoms with Crippen molar-refractivity contribution in [2.75, 3.05) is 23.9 Å². The lowest BCUT2D eigenvalue weighted by molar-refractivity contribution is -0.120. The Morgan fingerprint density at radius 3 is 2.96 bits per heavy atom. The summed E-state index contributed by atoms with van der Waals surface area (Å²) in [5.74, 6) is 0.278. The molecule has 2 amide bonds. The van der Waals surface area contributed by atoms with Crippen molar-refractivity contribution in [3.63, 3.8) is 0 Å². The minimum Gasteiger partial charge on any atom is -0.482 e. The first-order valence-electron chi connectivity index (χ1n) is 8.07. The van der Waals surface area contributed by atoms with E-state index in [1.165, 1.54) is 11.3 Å². The zero-order valence-corrected chi connectivity index (χ0v) is 15.8. The smallest absolute Gasteiger partial charge is 0.264 e. The van der Waals surface area contributed by atoms with Crippen LogP contribution in [0.1, 0.15) is 10.4 Å². The van der Waals surface area contributed by atoms with E-state index in [4.69, 9.17) is 16.3 Å². The van der Waals surface area contributed by atoms with Gasteiger partial charge < -0.3 is 9.64 Å². The largest absolute Gasteiger partial charge is 0.482 e. The van der Waals surface area contributed by atoms with Gasteiger partial charge >= 0.3 is 0 Å². The lowest BCUT2D eigenvalue weighted by Gasteiger charge is -2.26. The summed E-state index contributed by atoms with van der Waals surface area (Å²) < 4.78 is 5.44. The molecule has 0 saturated carbocycles. The van der Waals surface area contributed by atoms with Gasteiger partial charge in [-0.1, -0.05) is 17.7 Å². The molecule has 0 aliphatic carbocycles. The molecule has 4 rings (SSSR count). The van der Waals surface area contributed by atoms with Crippen molar-refractivity contribution >= 4 is 45.6 Å². The van der Waals surface area contributed by atoms with E-state index in [0.717, 1.165) is 5.56 Å². The number of anilines is 2. The highest BCUT2D eigenvalue weighted by Gasteiger charge is 2.23. The van der Waals surface area contributed by atoms with Crippen molar-refractivity contribution in [3.8, 4) is 17.0 Å². The Morgan fingerprint density at radius 1 is 1.30 bits per heavy atom. The van der Waals surface area contributed by atoms with Gasteiger partial charge in [-0.05, 0) is 36.4 Å². The van der Waals surface area contributed by atoms with Crippen LogP contribution in [-0.4, -0.2) is 30.5 Å². The fourth-order valence-electron chi connectivity index (χ4n) is 2.69. The molecule has 1 aliphatic rings. The summed E-state index contributed by atoms with van der Waals surface area (Å²) >= 11 is 7.25.